The lowest BCUT2D eigenvalue weighted by Gasteiger charge is -2.31. The van der Waals surface area contributed by atoms with Crippen LogP contribution in [-0.4, -0.2) is 49.3 Å². The quantitative estimate of drug-likeness (QED) is 0.867. The van der Waals surface area contributed by atoms with Crippen LogP contribution in [0.5, 0.6) is 0 Å². The molecular weight excluding hydrogens is 280 g/mol. The van der Waals surface area contributed by atoms with Crippen LogP contribution in [0.2, 0.25) is 0 Å². The van der Waals surface area contributed by atoms with E-state index in [9.17, 15) is 8.42 Å². The Bertz CT molecular complexity index is 580. The molecule has 0 aromatic carbocycles. The predicted octanol–water partition coefficient (Wildman–Crippen LogP) is 0.358. The number of methoxy groups -OCH3 is 1. The Labute approximate surface area is 119 Å². The van der Waals surface area contributed by atoms with Crippen LogP contribution in [0.4, 0.5) is 5.82 Å². The average molecular weight is 302 g/mol. The third-order valence-corrected chi connectivity index (χ3v) is 5.82. The molecule has 1 aromatic heterocycles. The summed E-state index contributed by atoms with van der Waals surface area (Å²) in [5.41, 5.74) is 6.33. The van der Waals surface area contributed by atoms with Crippen LogP contribution >= 0.6 is 0 Å². The first-order chi connectivity index (χ1) is 9.37. The van der Waals surface area contributed by atoms with Gasteiger partial charge in [0.05, 0.1) is 12.3 Å². The van der Waals surface area contributed by atoms with Gasteiger partial charge in [0.15, 0.2) is 5.82 Å². The molecule has 1 fully saturated rings. The minimum atomic E-state index is -3.58. The molecule has 2 N–H and O–H groups in total. The van der Waals surface area contributed by atoms with Gasteiger partial charge in [0, 0.05) is 27.2 Å². The maximum absolute atomic E-state index is 12.7. The molecule has 20 heavy (non-hydrogen) atoms. The smallest absolute Gasteiger partial charge is 0.248 e. The lowest BCUT2D eigenvalue weighted by molar-refractivity contribution is 0.118. The summed E-state index contributed by atoms with van der Waals surface area (Å²) in [6.07, 6.45) is 1.83. The first-order valence-corrected chi connectivity index (χ1v) is 8.10. The molecule has 0 amide bonds. The van der Waals surface area contributed by atoms with Crippen LogP contribution in [0.15, 0.2) is 4.90 Å². The summed E-state index contributed by atoms with van der Waals surface area (Å²) in [6.45, 7) is 3.29. The lowest BCUT2D eigenvalue weighted by atomic mass is 10.0. The first-order valence-electron chi connectivity index (χ1n) is 6.66. The fourth-order valence-corrected chi connectivity index (χ4v) is 4.52. The van der Waals surface area contributed by atoms with E-state index >= 15 is 0 Å². The van der Waals surface area contributed by atoms with Crippen molar-refractivity contribution in [3.8, 4) is 0 Å². The van der Waals surface area contributed by atoms with E-state index in [1.807, 2.05) is 0 Å². The number of piperidine rings is 1. The van der Waals surface area contributed by atoms with Gasteiger partial charge in [-0.05, 0) is 25.7 Å². The highest BCUT2D eigenvalue weighted by molar-refractivity contribution is 7.89. The van der Waals surface area contributed by atoms with Gasteiger partial charge in [0.1, 0.15) is 4.90 Å². The molecule has 2 rings (SSSR count). The number of aromatic nitrogens is 2. The largest absolute Gasteiger partial charge is 0.384 e. The number of hydrogen-bond acceptors (Lipinski definition) is 5. The van der Waals surface area contributed by atoms with Crippen molar-refractivity contribution in [1.82, 2.24) is 14.1 Å². The summed E-state index contributed by atoms with van der Waals surface area (Å²) in [4.78, 5) is 0.137. The van der Waals surface area contributed by atoms with Gasteiger partial charge >= 0.3 is 0 Å². The predicted molar refractivity (Wildman–Crippen MR) is 75.7 cm³/mol. The average Bonchev–Trinajstić information content (AvgIpc) is 2.64. The monoisotopic (exact) mass is 302 g/mol. The summed E-state index contributed by atoms with van der Waals surface area (Å²) in [5, 5.41) is 3.99. The highest BCUT2D eigenvalue weighted by Gasteiger charge is 2.34. The van der Waals surface area contributed by atoms with E-state index in [-0.39, 0.29) is 16.6 Å². The van der Waals surface area contributed by atoms with Gasteiger partial charge in [-0.1, -0.05) is 0 Å². The van der Waals surface area contributed by atoms with Crippen LogP contribution in [0.3, 0.4) is 0 Å². The zero-order valence-corrected chi connectivity index (χ0v) is 13.0. The van der Waals surface area contributed by atoms with Crippen molar-refractivity contribution in [2.24, 2.45) is 13.0 Å². The van der Waals surface area contributed by atoms with Crippen molar-refractivity contribution in [3.05, 3.63) is 5.69 Å². The Balaban J connectivity index is 2.30. The number of anilines is 1. The molecule has 114 valence electrons. The minimum Gasteiger partial charge on any atom is -0.384 e. The minimum absolute atomic E-state index is 0.0684. The van der Waals surface area contributed by atoms with Gasteiger partial charge < -0.3 is 10.5 Å². The number of nitrogen functional groups attached to an aromatic ring is 1. The number of nitrogens with zero attached hydrogens (tertiary/aromatic N) is 3. The summed E-state index contributed by atoms with van der Waals surface area (Å²) in [7, 11) is -0.260. The molecule has 1 aliphatic heterocycles. The van der Waals surface area contributed by atoms with E-state index in [0.717, 1.165) is 12.8 Å². The van der Waals surface area contributed by atoms with E-state index in [2.05, 4.69) is 5.10 Å². The fourth-order valence-electron chi connectivity index (χ4n) is 2.68. The molecule has 0 radical (unpaired) electrons. The Hall–Kier alpha value is -1.12. The number of sulfonamides is 1. The van der Waals surface area contributed by atoms with Crippen molar-refractivity contribution < 1.29 is 13.2 Å². The van der Waals surface area contributed by atoms with Gasteiger partial charge in [-0.2, -0.15) is 9.40 Å². The van der Waals surface area contributed by atoms with Crippen molar-refractivity contribution in [3.63, 3.8) is 0 Å². The second kappa shape index (κ2) is 5.71. The third-order valence-electron chi connectivity index (χ3n) is 3.79. The summed E-state index contributed by atoms with van der Waals surface area (Å²) < 4.78 is 33.6. The fraction of sp³-hybridized carbons (Fsp3) is 0.750. The molecule has 1 aliphatic rings. The number of ether oxygens (including phenoxy) is 1. The zero-order chi connectivity index (χ0) is 14.9. The Morgan fingerprint density at radius 2 is 2.20 bits per heavy atom. The van der Waals surface area contributed by atoms with Crippen LogP contribution in [0, 0.1) is 12.8 Å². The highest BCUT2D eigenvalue weighted by atomic mass is 32.2. The van der Waals surface area contributed by atoms with Crippen LogP contribution < -0.4 is 5.73 Å². The third kappa shape index (κ3) is 2.68. The standard InChI is InChI=1S/C12H22N4O3S/c1-9-11(12(13)14-15(9)2)20(17,18)16-6-4-5-10(7-16)8-19-3/h10H,4-8H2,1-3H3,(H2,13,14). The van der Waals surface area contributed by atoms with Crippen molar-refractivity contribution in [2.75, 3.05) is 32.5 Å². The van der Waals surface area contributed by atoms with E-state index in [0.29, 0.717) is 25.4 Å². The normalized spacial score (nSPS) is 21.2. The Kier molecular flexibility index (Phi) is 4.36. The maximum Gasteiger partial charge on any atom is 0.248 e. The number of nitrogens with two attached hydrogens (primary N) is 1. The van der Waals surface area contributed by atoms with Crippen LogP contribution in [-0.2, 0) is 21.8 Å². The summed E-state index contributed by atoms with van der Waals surface area (Å²) >= 11 is 0. The van der Waals surface area contributed by atoms with E-state index in [4.69, 9.17) is 10.5 Å². The zero-order valence-electron chi connectivity index (χ0n) is 12.2. The molecule has 7 nitrogen and oxygen atoms in total. The molecule has 0 spiro atoms. The van der Waals surface area contributed by atoms with Gasteiger partial charge in [-0.3, -0.25) is 4.68 Å². The van der Waals surface area contributed by atoms with Gasteiger partial charge in [-0.25, -0.2) is 8.42 Å². The van der Waals surface area contributed by atoms with Gasteiger partial charge in [0.2, 0.25) is 10.0 Å². The topological polar surface area (TPSA) is 90.4 Å². The molecule has 0 bridgehead atoms. The molecule has 0 aliphatic carbocycles. The molecule has 1 atom stereocenters. The number of hydrogen-bond donors (Lipinski definition) is 1. The maximum atomic E-state index is 12.7. The molecule has 1 saturated heterocycles. The van der Waals surface area contributed by atoms with E-state index in [1.165, 1.54) is 8.99 Å². The van der Waals surface area contributed by atoms with Gasteiger partial charge in [0.25, 0.3) is 0 Å². The van der Waals surface area contributed by atoms with E-state index in [1.54, 1.807) is 21.1 Å². The number of aryl methyl sites for hydroxylation is 1. The number of rotatable bonds is 4. The Morgan fingerprint density at radius 3 is 2.75 bits per heavy atom. The molecule has 8 heteroatoms. The van der Waals surface area contributed by atoms with Gasteiger partial charge in [-0.15, -0.1) is 0 Å². The summed E-state index contributed by atoms with van der Waals surface area (Å²) in [6, 6.07) is 0. The van der Waals surface area contributed by atoms with Crippen molar-refractivity contribution in [2.45, 2.75) is 24.7 Å². The summed E-state index contributed by atoms with van der Waals surface area (Å²) in [5.74, 6) is 0.306. The SMILES string of the molecule is COCC1CCCN(S(=O)(=O)c2c(N)nn(C)c2C)C1. The van der Waals surface area contributed by atoms with E-state index < -0.39 is 10.0 Å². The first kappa shape index (κ1) is 15.3. The molecular formula is C12H22N4O3S. The lowest BCUT2D eigenvalue weighted by Crippen LogP contribution is -2.41. The molecule has 0 saturated carbocycles. The second-order valence-electron chi connectivity index (χ2n) is 5.25. The van der Waals surface area contributed by atoms with Crippen molar-refractivity contribution >= 4 is 15.8 Å². The molecule has 1 unspecified atom stereocenters. The molecule has 2 heterocycles. The highest BCUT2D eigenvalue weighted by Crippen LogP contribution is 2.28. The Morgan fingerprint density at radius 1 is 1.50 bits per heavy atom. The van der Waals surface area contributed by atoms with Crippen LogP contribution in [0.1, 0.15) is 18.5 Å². The van der Waals surface area contributed by atoms with Crippen molar-refractivity contribution in [1.29, 1.82) is 0 Å². The second-order valence-corrected chi connectivity index (χ2v) is 7.12. The molecule has 1 aromatic rings. The van der Waals surface area contributed by atoms with Crippen LogP contribution in [0.25, 0.3) is 0 Å².